The van der Waals surface area contributed by atoms with Gasteiger partial charge in [0.25, 0.3) is 0 Å². The number of nitrogens with one attached hydrogen (secondary N) is 1. The SMILES string of the molecule is CC(NC(=O)Cc1csc(-c2ccccn2)n1)c1ccc2c(c1)OCO2. The second-order valence-electron chi connectivity index (χ2n) is 5.94. The Morgan fingerprint density at radius 2 is 2.15 bits per heavy atom. The fourth-order valence-electron chi connectivity index (χ4n) is 2.72. The molecule has 0 aliphatic carbocycles. The van der Waals surface area contributed by atoms with Crippen molar-refractivity contribution in [2.75, 3.05) is 6.79 Å². The number of amides is 1. The molecule has 0 saturated heterocycles. The van der Waals surface area contributed by atoms with Gasteiger partial charge in [0.05, 0.1) is 23.9 Å². The van der Waals surface area contributed by atoms with Crippen LogP contribution < -0.4 is 14.8 Å². The van der Waals surface area contributed by atoms with E-state index in [4.69, 9.17) is 9.47 Å². The first-order valence-corrected chi connectivity index (χ1v) is 9.12. The van der Waals surface area contributed by atoms with E-state index in [-0.39, 0.29) is 25.2 Å². The van der Waals surface area contributed by atoms with Gasteiger partial charge in [0.1, 0.15) is 5.01 Å². The third-order valence-corrected chi connectivity index (χ3v) is 4.97. The van der Waals surface area contributed by atoms with Crippen LogP contribution in [-0.4, -0.2) is 22.7 Å². The van der Waals surface area contributed by atoms with Crippen molar-refractivity contribution in [3.05, 3.63) is 59.2 Å². The monoisotopic (exact) mass is 367 g/mol. The lowest BCUT2D eigenvalue weighted by atomic mass is 10.1. The number of hydrogen-bond donors (Lipinski definition) is 1. The van der Waals surface area contributed by atoms with Gasteiger partial charge < -0.3 is 14.8 Å². The molecule has 1 aromatic carbocycles. The van der Waals surface area contributed by atoms with Crippen LogP contribution in [0.1, 0.15) is 24.2 Å². The van der Waals surface area contributed by atoms with Gasteiger partial charge in [0.2, 0.25) is 12.7 Å². The summed E-state index contributed by atoms with van der Waals surface area (Å²) in [4.78, 5) is 21.1. The fraction of sp³-hybridized carbons (Fsp3) is 0.211. The summed E-state index contributed by atoms with van der Waals surface area (Å²) in [7, 11) is 0. The summed E-state index contributed by atoms with van der Waals surface area (Å²) in [6.07, 6.45) is 1.97. The molecule has 2 aromatic heterocycles. The first kappa shape index (κ1) is 16.5. The van der Waals surface area contributed by atoms with Crippen molar-refractivity contribution in [2.24, 2.45) is 0 Å². The number of hydrogen-bond acceptors (Lipinski definition) is 6. The van der Waals surface area contributed by atoms with E-state index in [0.29, 0.717) is 5.75 Å². The van der Waals surface area contributed by atoms with Gasteiger partial charge in [-0.15, -0.1) is 11.3 Å². The molecule has 6 nitrogen and oxygen atoms in total. The Labute approximate surface area is 154 Å². The van der Waals surface area contributed by atoms with Gasteiger partial charge in [-0.3, -0.25) is 9.78 Å². The average molecular weight is 367 g/mol. The molecule has 26 heavy (non-hydrogen) atoms. The summed E-state index contributed by atoms with van der Waals surface area (Å²) >= 11 is 1.49. The molecule has 0 radical (unpaired) electrons. The van der Waals surface area contributed by atoms with E-state index in [0.717, 1.165) is 27.7 Å². The van der Waals surface area contributed by atoms with Crippen molar-refractivity contribution in [2.45, 2.75) is 19.4 Å². The van der Waals surface area contributed by atoms with E-state index in [2.05, 4.69) is 15.3 Å². The van der Waals surface area contributed by atoms with E-state index in [1.54, 1.807) is 6.20 Å². The number of ether oxygens (including phenoxy) is 2. The molecule has 1 N–H and O–H groups in total. The third kappa shape index (κ3) is 3.52. The van der Waals surface area contributed by atoms with Crippen LogP contribution >= 0.6 is 11.3 Å². The molecule has 1 atom stereocenters. The largest absolute Gasteiger partial charge is 0.454 e. The average Bonchev–Trinajstić information content (AvgIpc) is 3.30. The summed E-state index contributed by atoms with van der Waals surface area (Å²) in [5.41, 5.74) is 2.53. The number of pyridine rings is 1. The Hall–Kier alpha value is -2.93. The number of carbonyl (C=O) groups excluding carboxylic acids is 1. The lowest BCUT2D eigenvalue weighted by Gasteiger charge is -2.14. The zero-order valence-electron chi connectivity index (χ0n) is 14.1. The van der Waals surface area contributed by atoms with Gasteiger partial charge in [-0.05, 0) is 36.8 Å². The maximum atomic E-state index is 12.4. The first-order valence-electron chi connectivity index (χ1n) is 8.24. The molecule has 1 amide bonds. The summed E-state index contributed by atoms with van der Waals surface area (Å²) in [6, 6.07) is 11.2. The Morgan fingerprint density at radius 1 is 1.27 bits per heavy atom. The van der Waals surface area contributed by atoms with Crippen LogP contribution in [0.3, 0.4) is 0 Å². The predicted octanol–water partition coefficient (Wildman–Crippen LogP) is 3.35. The van der Waals surface area contributed by atoms with Crippen molar-refractivity contribution < 1.29 is 14.3 Å². The summed E-state index contributed by atoms with van der Waals surface area (Å²) in [6.45, 7) is 2.18. The van der Waals surface area contributed by atoms with Crippen molar-refractivity contribution >= 4 is 17.2 Å². The maximum absolute atomic E-state index is 12.4. The van der Waals surface area contributed by atoms with Crippen LogP contribution in [0.5, 0.6) is 11.5 Å². The molecule has 0 fully saturated rings. The molecule has 4 rings (SSSR count). The van der Waals surface area contributed by atoms with Crippen LogP contribution in [0.2, 0.25) is 0 Å². The van der Waals surface area contributed by atoms with Gasteiger partial charge in [-0.25, -0.2) is 4.98 Å². The minimum Gasteiger partial charge on any atom is -0.454 e. The Kier molecular flexibility index (Phi) is 4.53. The quantitative estimate of drug-likeness (QED) is 0.749. The maximum Gasteiger partial charge on any atom is 0.231 e. The van der Waals surface area contributed by atoms with Crippen LogP contribution in [0.25, 0.3) is 10.7 Å². The molecular formula is C19H17N3O3S. The van der Waals surface area contributed by atoms with Crippen LogP contribution in [0, 0.1) is 0 Å². The molecule has 1 unspecified atom stereocenters. The number of rotatable bonds is 5. The Bertz CT molecular complexity index is 927. The minimum atomic E-state index is -0.133. The lowest BCUT2D eigenvalue weighted by molar-refractivity contribution is -0.121. The highest BCUT2D eigenvalue weighted by Crippen LogP contribution is 2.34. The van der Waals surface area contributed by atoms with Gasteiger partial charge in [-0.2, -0.15) is 0 Å². The summed E-state index contributed by atoms with van der Waals surface area (Å²) in [5, 5.41) is 5.71. The van der Waals surface area contributed by atoms with E-state index >= 15 is 0 Å². The highest BCUT2D eigenvalue weighted by molar-refractivity contribution is 7.13. The zero-order valence-corrected chi connectivity index (χ0v) is 15.0. The molecule has 132 valence electrons. The smallest absolute Gasteiger partial charge is 0.231 e. The molecule has 0 bridgehead atoms. The topological polar surface area (TPSA) is 73.3 Å². The lowest BCUT2D eigenvalue weighted by Crippen LogP contribution is -2.28. The Balaban J connectivity index is 1.39. The first-order chi connectivity index (χ1) is 12.7. The molecule has 1 aliphatic heterocycles. The number of nitrogens with zero attached hydrogens (tertiary/aromatic N) is 2. The van der Waals surface area contributed by atoms with Gasteiger partial charge in [-0.1, -0.05) is 12.1 Å². The minimum absolute atomic E-state index is 0.0759. The fourth-order valence-corrected chi connectivity index (χ4v) is 3.51. The van der Waals surface area contributed by atoms with E-state index < -0.39 is 0 Å². The van der Waals surface area contributed by atoms with Crippen LogP contribution in [-0.2, 0) is 11.2 Å². The van der Waals surface area contributed by atoms with Crippen molar-refractivity contribution in [1.82, 2.24) is 15.3 Å². The van der Waals surface area contributed by atoms with Crippen LogP contribution in [0.15, 0.2) is 48.0 Å². The highest BCUT2D eigenvalue weighted by Gasteiger charge is 2.17. The molecule has 3 heterocycles. The number of fused-ring (bicyclic) bond motifs is 1. The van der Waals surface area contributed by atoms with Gasteiger partial charge >= 0.3 is 0 Å². The van der Waals surface area contributed by atoms with Crippen LogP contribution in [0.4, 0.5) is 0 Å². The van der Waals surface area contributed by atoms with Crippen molar-refractivity contribution in [1.29, 1.82) is 0 Å². The number of benzene rings is 1. The third-order valence-electron chi connectivity index (χ3n) is 4.05. The van der Waals surface area contributed by atoms with E-state index in [1.165, 1.54) is 11.3 Å². The summed E-state index contributed by atoms with van der Waals surface area (Å²) < 4.78 is 10.7. The zero-order chi connectivity index (χ0) is 17.9. The van der Waals surface area contributed by atoms with Gasteiger partial charge in [0, 0.05) is 11.6 Å². The second-order valence-corrected chi connectivity index (χ2v) is 6.80. The number of aromatic nitrogens is 2. The molecular weight excluding hydrogens is 350 g/mol. The van der Waals surface area contributed by atoms with Gasteiger partial charge in [0.15, 0.2) is 11.5 Å². The predicted molar refractivity (Wildman–Crippen MR) is 98.2 cm³/mol. The Morgan fingerprint density at radius 3 is 3.00 bits per heavy atom. The van der Waals surface area contributed by atoms with E-state index in [9.17, 15) is 4.79 Å². The summed E-state index contributed by atoms with van der Waals surface area (Å²) in [5.74, 6) is 1.37. The molecule has 0 spiro atoms. The number of carbonyl (C=O) groups is 1. The molecule has 3 aromatic rings. The normalized spacial score (nSPS) is 13.4. The van der Waals surface area contributed by atoms with Crippen molar-refractivity contribution in [3.8, 4) is 22.2 Å². The molecule has 1 aliphatic rings. The molecule has 0 saturated carbocycles. The van der Waals surface area contributed by atoms with E-state index in [1.807, 2.05) is 48.7 Å². The molecule has 7 heteroatoms. The van der Waals surface area contributed by atoms with Crippen molar-refractivity contribution in [3.63, 3.8) is 0 Å². The standard InChI is InChI=1S/C19H17N3O3S/c1-12(13-5-6-16-17(8-13)25-11-24-16)21-18(23)9-14-10-26-19(22-14)15-4-2-3-7-20-15/h2-8,10,12H,9,11H2,1H3,(H,21,23). The highest BCUT2D eigenvalue weighted by atomic mass is 32.1. The second kappa shape index (κ2) is 7.13. The number of thiazole rings is 1.